The zero-order valence-electron chi connectivity index (χ0n) is 6.37. The summed E-state index contributed by atoms with van der Waals surface area (Å²) >= 11 is 0. The van der Waals surface area contributed by atoms with Gasteiger partial charge in [-0.25, -0.2) is 6.57 Å². The second kappa shape index (κ2) is 3.62. The lowest BCUT2D eigenvalue weighted by Gasteiger charge is -2.01. The molecule has 0 unspecified atom stereocenters. The van der Waals surface area contributed by atoms with Gasteiger partial charge in [-0.15, -0.1) is 0 Å². The molecule has 0 aliphatic carbocycles. The van der Waals surface area contributed by atoms with Crippen LogP contribution in [0.15, 0.2) is 24.3 Å². The summed E-state index contributed by atoms with van der Waals surface area (Å²) in [5, 5.41) is 0. The van der Waals surface area contributed by atoms with Gasteiger partial charge < -0.3 is 9.58 Å². The molecule has 1 rings (SSSR count). The van der Waals surface area contributed by atoms with E-state index < -0.39 is 0 Å². The van der Waals surface area contributed by atoms with E-state index in [0.29, 0.717) is 6.54 Å². The Hall–Kier alpha value is -1.49. The fourth-order valence-corrected chi connectivity index (χ4v) is 0.919. The van der Waals surface area contributed by atoms with Crippen LogP contribution >= 0.6 is 0 Å². The van der Waals surface area contributed by atoms with E-state index in [1.807, 2.05) is 24.3 Å². The number of hydrogen-bond donors (Lipinski definition) is 0. The average Bonchev–Trinajstić information content (AvgIpc) is 2.06. The third kappa shape index (κ3) is 1.71. The Morgan fingerprint density at radius 3 is 2.82 bits per heavy atom. The van der Waals surface area contributed by atoms with Gasteiger partial charge in [0.15, 0.2) is 0 Å². The molecule has 0 spiro atoms. The van der Waals surface area contributed by atoms with Crippen molar-refractivity contribution in [2.75, 3.05) is 7.11 Å². The lowest BCUT2D eigenvalue weighted by molar-refractivity contribution is 0.410. The maximum atomic E-state index is 6.68. The summed E-state index contributed by atoms with van der Waals surface area (Å²) in [4.78, 5) is 3.28. The largest absolute Gasteiger partial charge is 0.496 e. The number of hydrogen-bond acceptors (Lipinski definition) is 1. The van der Waals surface area contributed by atoms with E-state index in [1.165, 1.54) is 0 Å². The van der Waals surface area contributed by atoms with E-state index in [0.717, 1.165) is 11.3 Å². The molecular formula is C9H9NO. The van der Waals surface area contributed by atoms with Crippen molar-refractivity contribution >= 4 is 0 Å². The molecule has 2 nitrogen and oxygen atoms in total. The van der Waals surface area contributed by atoms with Crippen LogP contribution in [0.4, 0.5) is 0 Å². The smallest absolute Gasteiger partial charge is 0.243 e. The molecule has 0 aliphatic rings. The van der Waals surface area contributed by atoms with Crippen LogP contribution in [0.3, 0.4) is 0 Å². The Balaban J connectivity index is 2.94. The van der Waals surface area contributed by atoms with E-state index in [2.05, 4.69) is 4.85 Å². The van der Waals surface area contributed by atoms with Crippen molar-refractivity contribution in [1.82, 2.24) is 0 Å². The van der Waals surface area contributed by atoms with Crippen LogP contribution in [0.25, 0.3) is 4.85 Å². The number of nitrogens with zero attached hydrogens (tertiary/aromatic N) is 1. The maximum absolute atomic E-state index is 6.68. The van der Waals surface area contributed by atoms with Gasteiger partial charge >= 0.3 is 0 Å². The summed E-state index contributed by atoms with van der Waals surface area (Å²) in [5.41, 5.74) is 0.949. The van der Waals surface area contributed by atoms with E-state index in [1.54, 1.807) is 7.11 Å². The summed E-state index contributed by atoms with van der Waals surface area (Å²) in [6.07, 6.45) is 0. The van der Waals surface area contributed by atoms with Gasteiger partial charge in [-0.3, -0.25) is 0 Å². The second-order valence-corrected chi connectivity index (χ2v) is 2.13. The van der Waals surface area contributed by atoms with Crippen LogP contribution in [-0.2, 0) is 6.54 Å². The molecule has 0 amide bonds. The van der Waals surface area contributed by atoms with Crippen LogP contribution in [0.2, 0.25) is 0 Å². The van der Waals surface area contributed by atoms with Crippen molar-refractivity contribution in [1.29, 1.82) is 0 Å². The predicted molar refractivity (Wildman–Crippen MR) is 43.3 cm³/mol. The highest BCUT2D eigenvalue weighted by molar-refractivity contribution is 5.33. The SMILES string of the molecule is [C-]#[N+]Cc1ccccc1OC. The van der Waals surface area contributed by atoms with Gasteiger partial charge in [0.05, 0.1) is 12.7 Å². The fourth-order valence-electron chi connectivity index (χ4n) is 0.919. The first-order valence-corrected chi connectivity index (χ1v) is 3.33. The zero-order valence-corrected chi connectivity index (χ0v) is 6.37. The van der Waals surface area contributed by atoms with E-state index in [9.17, 15) is 0 Å². The van der Waals surface area contributed by atoms with Crippen LogP contribution in [0, 0.1) is 6.57 Å². The van der Waals surface area contributed by atoms with Gasteiger partial charge in [0.2, 0.25) is 6.54 Å². The molecule has 2 heteroatoms. The van der Waals surface area contributed by atoms with Crippen molar-refractivity contribution in [2.24, 2.45) is 0 Å². The Kier molecular flexibility index (Phi) is 2.51. The minimum atomic E-state index is 0.393. The highest BCUT2D eigenvalue weighted by Gasteiger charge is 2.01. The fraction of sp³-hybridized carbons (Fsp3) is 0.222. The standard InChI is InChI=1S/C9H9NO/c1-10-7-8-5-3-4-6-9(8)11-2/h3-6H,7H2,2H3. The first kappa shape index (κ1) is 7.62. The number of rotatable bonds is 2. The summed E-state index contributed by atoms with van der Waals surface area (Å²) in [6, 6.07) is 7.56. The molecule has 0 fully saturated rings. The maximum Gasteiger partial charge on any atom is 0.243 e. The number of para-hydroxylation sites is 1. The molecule has 1 aromatic carbocycles. The second-order valence-electron chi connectivity index (χ2n) is 2.13. The molecule has 11 heavy (non-hydrogen) atoms. The highest BCUT2D eigenvalue weighted by Crippen LogP contribution is 2.17. The summed E-state index contributed by atoms with van der Waals surface area (Å²) in [7, 11) is 1.61. The Morgan fingerprint density at radius 1 is 1.45 bits per heavy atom. The van der Waals surface area contributed by atoms with E-state index >= 15 is 0 Å². The van der Waals surface area contributed by atoms with Crippen LogP contribution in [0.5, 0.6) is 5.75 Å². The van der Waals surface area contributed by atoms with Crippen molar-refractivity contribution in [3.63, 3.8) is 0 Å². The van der Waals surface area contributed by atoms with Crippen molar-refractivity contribution < 1.29 is 4.74 Å². The molecule has 0 saturated carbocycles. The van der Waals surface area contributed by atoms with Gasteiger partial charge in [-0.05, 0) is 12.1 Å². The third-order valence-electron chi connectivity index (χ3n) is 1.44. The lowest BCUT2D eigenvalue weighted by atomic mass is 10.2. The first-order chi connectivity index (χ1) is 5.38. The van der Waals surface area contributed by atoms with Crippen LogP contribution in [-0.4, -0.2) is 7.11 Å². The first-order valence-electron chi connectivity index (χ1n) is 3.33. The summed E-state index contributed by atoms with van der Waals surface area (Å²) in [5.74, 6) is 0.795. The van der Waals surface area contributed by atoms with Crippen LogP contribution in [0.1, 0.15) is 5.56 Å². The quantitative estimate of drug-likeness (QED) is 0.584. The molecule has 56 valence electrons. The number of methoxy groups -OCH3 is 1. The highest BCUT2D eigenvalue weighted by atomic mass is 16.5. The third-order valence-corrected chi connectivity index (χ3v) is 1.44. The van der Waals surface area contributed by atoms with Crippen molar-refractivity contribution in [2.45, 2.75) is 6.54 Å². The molecule has 0 N–H and O–H groups in total. The zero-order chi connectivity index (χ0) is 8.10. The van der Waals surface area contributed by atoms with E-state index in [4.69, 9.17) is 11.3 Å². The van der Waals surface area contributed by atoms with Gasteiger partial charge in [0.1, 0.15) is 5.75 Å². The van der Waals surface area contributed by atoms with Gasteiger partial charge in [-0.2, -0.15) is 0 Å². The lowest BCUT2D eigenvalue weighted by Crippen LogP contribution is -1.88. The Morgan fingerprint density at radius 2 is 2.18 bits per heavy atom. The minimum Gasteiger partial charge on any atom is -0.496 e. The van der Waals surface area contributed by atoms with Gasteiger partial charge in [0.25, 0.3) is 0 Å². The summed E-state index contributed by atoms with van der Waals surface area (Å²) < 4.78 is 5.05. The molecule has 0 atom stereocenters. The molecule has 0 radical (unpaired) electrons. The molecular weight excluding hydrogens is 138 g/mol. The summed E-state index contributed by atoms with van der Waals surface area (Å²) in [6.45, 7) is 7.07. The molecule has 0 aliphatic heterocycles. The molecule has 0 bridgehead atoms. The molecule has 0 aromatic heterocycles. The number of benzene rings is 1. The average molecular weight is 147 g/mol. The van der Waals surface area contributed by atoms with Crippen LogP contribution < -0.4 is 4.74 Å². The van der Waals surface area contributed by atoms with Gasteiger partial charge in [-0.1, -0.05) is 12.1 Å². The Labute approximate surface area is 66.2 Å². The molecule has 1 aromatic rings. The van der Waals surface area contributed by atoms with E-state index in [-0.39, 0.29) is 0 Å². The normalized spacial score (nSPS) is 8.73. The van der Waals surface area contributed by atoms with Crippen molar-refractivity contribution in [3.8, 4) is 5.75 Å². The molecule has 0 heterocycles. The molecule has 0 saturated heterocycles. The monoisotopic (exact) mass is 147 g/mol. The minimum absolute atomic E-state index is 0.393. The topological polar surface area (TPSA) is 13.6 Å². The van der Waals surface area contributed by atoms with Crippen molar-refractivity contribution in [3.05, 3.63) is 41.2 Å². The number of ether oxygens (including phenoxy) is 1. The van der Waals surface area contributed by atoms with Gasteiger partial charge in [0, 0.05) is 0 Å². The Bertz CT molecular complexity index is 275. The predicted octanol–water partition coefficient (Wildman–Crippen LogP) is 2.11.